The van der Waals surface area contributed by atoms with Crippen LogP contribution in [0.4, 0.5) is 0 Å². The Morgan fingerprint density at radius 3 is 2.65 bits per heavy atom. The standard InChI is InChI=1S/C17H24N2O3S/c20-15(18-10-14-4-3-8-22-14)16(21)19-12-17(6-1-2-7-17)13-5-9-23-11-13/h5,9,11,14H,1-4,6-8,10,12H2,(H,18,20)(H,19,21). The second-order valence-electron chi connectivity index (χ2n) is 6.53. The average molecular weight is 336 g/mol. The highest BCUT2D eigenvalue weighted by molar-refractivity contribution is 7.08. The van der Waals surface area contributed by atoms with Gasteiger partial charge in [-0.1, -0.05) is 12.8 Å². The summed E-state index contributed by atoms with van der Waals surface area (Å²) in [7, 11) is 0. The van der Waals surface area contributed by atoms with Crippen LogP contribution in [0.2, 0.25) is 0 Å². The summed E-state index contributed by atoms with van der Waals surface area (Å²) in [6.45, 7) is 1.70. The minimum atomic E-state index is -0.557. The summed E-state index contributed by atoms with van der Waals surface area (Å²) in [5.74, 6) is -1.09. The lowest BCUT2D eigenvalue weighted by Crippen LogP contribution is -2.46. The van der Waals surface area contributed by atoms with Crippen LogP contribution in [0, 0.1) is 0 Å². The zero-order chi connectivity index (χ0) is 16.1. The van der Waals surface area contributed by atoms with E-state index in [1.807, 2.05) is 0 Å². The average Bonchev–Trinajstić information content (AvgIpc) is 3.32. The van der Waals surface area contributed by atoms with E-state index in [-0.39, 0.29) is 11.5 Å². The zero-order valence-electron chi connectivity index (χ0n) is 13.3. The third-order valence-corrected chi connectivity index (χ3v) is 5.69. The molecule has 1 aliphatic heterocycles. The molecule has 2 aliphatic rings. The van der Waals surface area contributed by atoms with Crippen molar-refractivity contribution in [1.29, 1.82) is 0 Å². The molecule has 1 aromatic rings. The monoisotopic (exact) mass is 336 g/mol. The second kappa shape index (κ2) is 7.45. The van der Waals surface area contributed by atoms with Gasteiger partial charge >= 0.3 is 11.8 Å². The Morgan fingerprint density at radius 2 is 2.00 bits per heavy atom. The van der Waals surface area contributed by atoms with E-state index in [9.17, 15) is 9.59 Å². The molecule has 1 atom stereocenters. The van der Waals surface area contributed by atoms with E-state index < -0.39 is 11.8 Å². The number of thiophene rings is 1. The van der Waals surface area contributed by atoms with Crippen LogP contribution in [0.1, 0.15) is 44.1 Å². The Labute approximate surface area is 140 Å². The largest absolute Gasteiger partial charge is 0.376 e. The number of rotatable bonds is 5. The number of carbonyl (C=O) groups excluding carboxylic acids is 2. The first kappa shape index (κ1) is 16.5. The van der Waals surface area contributed by atoms with Gasteiger partial charge in [0.05, 0.1) is 6.10 Å². The Hall–Kier alpha value is -1.40. The lowest BCUT2D eigenvalue weighted by atomic mass is 9.80. The van der Waals surface area contributed by atoms with Crippen LogP contribution in [-0.2, 0) is 19.7 Å². The molecule has 2 amide bonds. The van der Waals surface area contributed by atoms with Crippen molar-refractivity contribution in [3.8, 4) is 0 Å². The Morgan fingerprint density at radius 1 is 1.22 bits per heavy atom. The van der Waals surface area contributed by atoms with E-state index in [1.165, 1.54) is 18.4 Å². The summed E-state index contributed by atoms with van der Waals surface area (Å²) >= 11 is 1.68. The molecule has 0 radical (unpaired) electrons. The summed E-state index contributed by atoms with van der Waals surface area (Å²) in [6.07, 6.45) is 6.52. The van der Waals surface area contributed by atoms with Gasteiger partial charge in [0, 0.05) is 25.1 Å². The molecule has 5 nitrogen and oxygen atoms in total. The van der Waals surface area contributed by atoms with Crippen molar-refractivity contribution in [2.45, 2.75) is 50.0 Å². The smallest absolute Gasteiger partial charge is 0.309 e. The molecule has 1 saturated carbocycles. The molecule has 1 aromatic heterocycles. The molecule has 2 heterocycles. The molecule has 126 valence electrons. The third-order valence-electron chi connectivity index (χ3n) is 5.00. The third kappa shape index (κ3) is 3.93. The summed E-state index contributed by atoms with van der Waals surface area (Å²) in [5, 5.41) is 9.75. The molecule has 0 aromatic carbocycles. The van der Waals surface area contributed by atoms with Crippen molar-refractivity contribution in [1.82, 2.24) is 10.6 Å². The van der Waals surface area contributed by atoms with Crippen LogP contribution in [0.25, 0.3) is 0 Å². The van der Waals surface area contributed by atoms with Gasteiger partial charge in [-0.2, -0.15) is 11.3 Å². The molecule has 1 saturated heterocycles. The van der Waals surface area contributed by atoms with Gasteiger partial charge in [0.25, 0.3) is 0 Å². The molecular weight excluding hydrogens is 312 g/mol. The van der Waals surface area contributed by atoms with Gasteiger partial charge < -0.3 is 15.4 Å². The van der Waals surface area contributed by atoms with Gasteiger partial charge in [-0.25, -0.2) is 0 Å². The fraction of sp³-hybridized carbons (Fsp3) is 0.647. The van der Waals surface area contributed by atoms with Gasteiger partial charge in [-0.05, 0) is 48.1 Å². The fourth-order valence-electron chi connectivity index (χ4n) is 3.61. The Bertz CT molecular complexity index is 532. The highest BCUT2D eigenvalue weighted by Gasteiger charge is 2.36. The van der Waals surface area contributed by atoms with Gasteiger partial charge in [0.2, 0.25) is 0 Å². The van der Waals surface area contributed by atoms with Crippen LogP contribution in [-0.4, -0.2) is 37.6 Å². The number of hydrogen-bond acceptors (Lipinski definition) is 4. The van der Waals surface area contributed by atoms with Crippen molar-refractivity contribution >= 4 is 23.2 Å². The van der Waals surface area contributed by atoms with Crippen molar-refractivity contribution in [3.05, 3.63) is 22.4 Å². The van der Waals surface area contributed by atoms with Crippen LogP contribution in [0.5, 0.6) is 0 Å². The van der Waals surface area contributed by atoms with E-state index in [0.717, 1.165) is 32.3 Å². The number of carbonyl (C=O) groups is 2. The lowest BCUT2D eigenvalue weighted by Gasteiger charge is -2.28. The summed E-state index contributed by atoms with van der Waals surface area (Å²) in [4.78, 5) is 24.0. The second-order valence-corrected chi connectivity index (χ2v) is 7.31. The number of amides is 2. The zero-order valence-corrected chi connectivity index (χ0v) is 14.1. The minimum absolute atomic E-state index is 0.00447. The first-order valence-corrected chi connectivity index (χ1v) is 9.34. The van der Waals surface area contributed by atoms with Crippen LogP contribution in [0.3, 0.4) is 0 Å². The maximum atomic E-state index is 12.1. The molecule has 3 rings (SSSR count). The predicted octanol–water partition coefficient (Wildman–Crippen LogP) is 1.97. The quantitative estimate of drug-likeness (QED) is 0.808. The molecule has 2 fully saturated rings. The van der Waals surface area contributed by atoms with Gasteiger partial charge in [0.1, 0.15) is 0 Å². The van der Waals surface area contributed by atoms with Crippen molar-refractivity contribution in [3.63, 3.8) is 0 Å². The summed E-state index contributed by atoms with van der Waals surface area (Å²) in [5.41, 5.74) is 1.30. The SMILES string of the molecule is O=C(NCC1CCCO1)C(=O)NCC1(c2ccsc2)CCCC1. The van der Waals surface area contributed by atoms with Crippen molar-refractivity contribution in [2.75, 3.05) is 19.7 Å². The van der Waals surface area contributed by atoms with E-state index in [2.05, 4.69) is 27.5 Å². The van der Waals surface area contributed by atoms with Gasteiger partial charge in [0.15, 0.2) is 0 Å². The maximum absolute atomic E-state index is 12.1. The first-order valence-electron chi connectivity index (χ1n) is 8.40. The van der Waals surface area contributed by atoms with Gasteiger partial charge in [-0.15, -0.1) is 0 Å². The number of hydrogen-bond donors (Lipinski definition) is 2. The molecule has 6 heteroatoms. The predicted molar refractivity (Wildman–Crippen MR) is 89.5 cm³/mol. The van der Waals surface area contributed by atoms with E-state index >= 15 is 0 Å². The van der Waals surface area contributed by atoms with Crippen LogP contribution >= 0.6 is 11.3 Å². The van der Waals surface area contributed by atoms with Crippen molar-refractivity contribution in [2.24, 2.45) is 0 Å². The Balaban J connectivity index is 1.49. The summed E-state index contributed by atoms with van der Waals surface area (Å²) < 4.78 is 5.44. The summed E-state index contributed by atoms with van der Waals surface area (Å²) in [6, 6.07) is 2.14. The molecular formula is C17H24N2O3S. The normalized spacial score (nSPS) is 22.9. The fourth-order valence-corrected chi connectivity index (χ4v) is 4.39. The van der Waals surface area contributed by atoms with Crippen LogP contribution in [0.15, 0.2) is 16.8 Å². The Kier molecular flexibility index (Phi) is 5.33. The van der Waals surface area contributed by atoms with Crippen LogP contribution < -0.4 is 10.6 Å². The topological polar surface area (TPSA) is 67.4 Å². The van der Waals surface area contributed by atoms with E-state index in [4.69, 9.17) is 4.74 Å². The lowest BCUT2D eigenvalue weighted by molar-refractivity contribution is -0.139. The van der Waals surface area contributed by atoms with E-state index in [1.54, 1.807) is 11.3 Å². The highest BCUT2D eigenvalue weighted by atomic mass is 32.1. The number of ether oxygens (including phenoxy) is 1. The first-order chi connectivity index (χ1) is 11.2. The molecule has 0 bridgehead atoms. The molecule has 2 N–H and O–H groups in total. The number of nitrogens with one attached hydrogen (secondary N) is 2. The molecule has 23 heavy (non-hydrogen) atoms. The minimum Gasteiger partial charge on any atom is -0.376 e. The maximum Gasteiger partial charge on any atom is 0.309 e. The highest BCUT2D eigenvalue weighted by Crippen LogP contribution is 2.41. The molecule has 1 aliphatic carbocycles. The van der Waals surface area contributed by atoms with E-state index in [0.29, 0.717) is 13.1 Å². The molecule has 0 spiro atoms. The molecule has 1 unspecified atom stereocenters. The van der Waals surface area contributed by atoms with Gasteiger partial charge in [-0.3, -0.25) is 9.59 Å². The van der Waals surface area contributed by atoms with Crippen molar-refractivity contribution < 1.29 is 14.3 Å².